The molecule has 3 heteroatoms. The molecule has 0 unspecified atom stereocenters. The van der Waals surface area contributed by atoms with Crippen LogP contribution in [0.3, 0.4) is 0 Å². The Morgan fingerprint density at radius 3 is 2.05 bits per heavy atom. The molecular formula is C18H34O2Si. The molecule has 0 heterocycles. The van der Waals surface area contributed by atoms with Gasteiger partial charge in [-0.1, -0.05) is 53.9 Å². The number of terminal acetylenes is 1. The Hall–Kier alpha value is -0.593. The van der Waals surface area contributed by atoms with Crippen molar-refractivity contribution in [2.45, 2.75) is 79.1 Å². The largest absolute Gasteiger partial charge is 0.413 e. The molecule has 2 nitrogen and oxygen atoms in total. The van der Waals surface area contributed by atoms with Gasteiger partial charge in [0.2, 0.25) is 0 Å². The second-order valence-corrected chi connectivity index (χ2v) is 12.6. The Bertz CT molecular complexity index is 387. The van der Waals surface area contributed by atoms with E-state index in [4.69, 9.17) is 10.8 Å². The molecule has 0 fully saturated rings. The van der Waals surface area contributed by atoms with Gasteiger partial charge >= 0.3 is 0 Å². The van der Waals surface area contributed by atoms with Crippen molar-refractivity contribution in [3.63, 3.8) is 0 Å². The van der Waals surface area contributed by atoms with Gasteiger partial charge in [0.05, 0.1) is 12.0 Å². The number of rotatable bonds is 7. The van der Waals surface area contributed by atoms with Gasteiger partial charge in [-0.2, -0.15) is 0 Å². The smallest absolute Gasteiger partial charge is 0.192 e. The molecule has 0 radical (unpaired) electrons. The van der Waals surface area contributed by atoms with E-state index in [1.54, 1.807) is 6.92 Å². The molecule has 0 aliphatic carbocycles. The van der Waals surface area contributed by atoms with Crippen LogP contribution in [0.15, 0.2) is 0 Å². The Kier molecular flexibility index (Phi) is 7.39. The molecule has 0 amide bonds. The zero-order valence-corrected chi connectivity index (χ0v) is 16.4. The van der Waals surface area contributed by atoms with Gasteiger partial charge in [-0.25, -0.2) is 0 Å². The molecule has 0 rings (SSSR count). The van der Waals surface area contributed by atoms with Crippen molar-refractivity contribution in [3.8, 4) is 12.3 Å². The van der Waals surface area contributed by atoms with E-state index in [0.29, 0.717) is 5.92 Å². The van der Waals surface area contributed by atoms with Crippen LogP contribution in [0.4, 0.5) is 0 Å². The first kappa shape index (κ1) is 20.4. The second-order valence-electron chi connectivity index (χ2n) is 7.81. The fourth-order valence-electron chi connectivity index (χ4n) is 2.10. The molecule has 122 valence electrons. The molecule has 0 N–H and O–H groups in total. The van der Waals surface area contributed by atoms with Crippen molar-refractivity contribution in [2.75, 3.05) is 0 Å². The summed E-state index contributed by atoms with van der Waals surface area (Å²) in [5.41, 5.74) is 0. The number of Topliss-reactive ketones (excluding diaryl/α,β-unsaturated/α-hetero) is 1. The maximum Gasteiger partial charge on any atom is 0.192 e. The lowest BCUT2D eigenvalue weighted by Gasteiger charge is -2.42. The third-order valence-corrected chi connectivity index (χ3v) is 9.53. The number of ketones is 1. The first-order chi connectivity index (χ1) is 9.39. The third-order valence-electron chi connectivity index (χ3n) is 5.06. The quantitative estimate of drug-likeness (QED) is 0.494. The average Bonchev–Trinajstić information content (AvgIpc) is 2.40. The third kappa shape index (κ3) is 5.27. The number of carbonyl (C=O) groups is 1. The molecule has 21 heavy (non-hydrogen) atoms. The van der Waals surface area contributed by atoms with Crippen LogP contribution in [0, 0.1) is 30.1 Å². The van der Waals surface area contributed by atoms with Gasteiger partial charge in [0.1, 0.15) is 0 Å². The topological polar surface area (TPSA) is 26.3 Å². The summed E-state index contributed by atoms with van der Waals surface area (Å²) in [4.78, 5) is 12.5. The number of hydrogen-bond donors (Lipinski definition) is 0. The molecule has 4 atom stereocenters. The van der Waals surface area contributed by atoms with Crippen molar-refractivity contribution < 1.29 is 9.22 Å². The van der Waals surface area contributed by atoms with Gasteiger partial charge in [-0.15, -0.1) is 6.42 Å². The van der Waals surface area contributed by atoms with Crippen LogP contribution in [-0.4, -0.2) is 20.2 Å². The van der Waals surface area contributed by atoms with Gasteiger partial charge in [-0.3, -0.25) is 4.79 Å². The molecule has 0 aromatic rings. The van der Waals surface area contributed by atoms with E-state index in [1.807, 2.05) is 6.92 Å². The Morgan fingerprint density at radius 2 is 1.71 bits per heavy atom. The van der Waals surface area contributed by atoms with Crippen molar-refractivity contribution in [2.24, 2.45) is 17.8 Å². The monoisotopic (exact) mass is 310 g/mol. The fraction of sp³-hybridized carbons (Fsp3) is 0.833. The van der Waals surface area contributed by atoms with Crippen LogP contribution in [0.5, 0.6) is 0 Å². The van der Waals surface area contributed by atoms with Crippen LogP contribution >= 0.6 is 0 Å². The molecule has 0 spiro atoms. The normalized spacial score (nSPS) is 18.5. The summed E-state index contributed by atoms with van der Waals surface area (Å²) in [6, 6.07) is 0. The van der Waals surface area contributed by atoms with Crippen LogP contribution in [0.25, 0.3) is 0 Å². The molecule has 0 aromatic heterocycles. The fourth-order valence-corrected chi connectivity index (χ4v) is 3.57. The predicted octanol–water partition coefficient (Wildman–Crippen LogP) is 4.90. The highest BCUT2D eigenvalue weighted by Gasteiger charge is 2.42. The average molecular weight is 311 g/mol. The molecule has 0 aliphatic rings. The maximum absolute atomic E-state index is 12.5. The number of hydrogen-bond acceptors (Lipinski definition) is 2. The highest BCUT2D eigenvalue weighted by molar-refractivity contribution is 6.74. The van der Waals surface area contributed by atoms with Crippen molar-refractivity contribution in [1.82, 2.24) is 0 Å². The lowest BCUT2D eigenvalue weighted by molar-refractivity contribution is -0.128. The van der Waals surface area contributed by atoms with Crippen LogP contribution in [0.1, 0.15) is 54.9 Å². The lowest BCUT2D eigenvalue weighted by atomic mass is 9.85. The molecule has 0 aliphatic heterocycles. The Balaban J connectivity index is 5.34. The zero-order valence-electron chi connectivity index (χ0n) is 15.4. The molecule has 0 saturated carbocycles. The lowest BCUT2D eigenvalue weighted by Crippen LogP contribution is -2.49. The molecular weight excluding hydrogens is 276 g/mol. The summed E-state index contributed by atoms with van der Waals surface area (Å²) >= 11 is 0. The van der Waals surface area contributed by atoms with E-state index in [1.165, 1.54) is 0 Å². The van der Waals surface area contributed by atoms with Gasteiger partial charge in [0.25, 0.3) is 0 Å². The SMILES string of the molecule is C#C[C@@H](C)C(=O)[C@@H](C)[C@@H](O[Si](C)(C)C(C)(C)C)[C@@H](C)CC. The summed E-state index contributed by atoms with van der Waals surface area (Å²) in [5, 5.41) is 0.138. The van der Waals surface area contributed by atoms with E-state index in [2.05, 4.69) is 53.6 Å². The Morgan fingerprint density at radius 1 is 1.24 bits per heavy atom. The van der Waals surface area contributed by atoms with Gasteiger partial charge in [-0.05, 0) is 31.0 Å². The minimum atomic E-state index is -1.90. The van der Waals surface area contributed by atoms with E-state index < -0.39 is 8.32 Å². The summed E-state index contributed by atoms with van der Waals surface area (Å²) in [6.45, 7) is 19.3. The van der Waals surface area contributed by atoms with Gasteiger partial charge in [0.15, 0.2) is 14.1 Å². The van der Waals surface area contributed by atoms with Crippen molar-refractivity contribution >= 4 is 14.1 Å². The van der Waals surface area contributed by atoms with Crippen molar-refractivity contribution in [1.29, 1.82) is 0 Å². The first-order valence-electron chi connectivity index (χ1n) is 8.06. The van der Waals surface area contributed by atoms with Gasteiger partial charge < -0.3 is 4.43 Å². The maximum atomic E-state index is 12.5. The van der Waals surface area contributed by atoms with Crippen LogP contribution < -0.4 is 0 Å². The van der Waals surface area contributed by atoms with E-state index >= 15 is 0 Å². The molecule has 0 saturated heterocycles. The summed E-state index contributed by atoms with van der Waals surface area (Å²) < 4.78 is 6.58. The first-order valence-corrected chi connectivity index (χ1v) is 11.0. The highest BCUT2D eigenvalue weighted by atomic mass is 28.4. The second kappa shape index (κ2) is 7.60. The standard InChI is InChI=1S/C18H34O2Si/c1-11-13(3)16(19)15(5)17(14(4)12-2)20-21(9,10)18(6,7)8/h1,13-15,17H,12H2,2-10H3/t13-,14+,15-,17+/m1/s1. The van der Waals surface area contributed by atoms with E-state index in [-0.39, 0.29) is 28.8 Å². The number of carbonyl (C=O) groups excluding carboxylic acids is 1. The molecule has 0 aromatic carbocycles. The zero-order chi connectivity index (χ0) is 17.0. The van der Waals surface area contributed by atoms with Crippen LogP contribution in [0.2, 0.25) is 18.1 Å². The highest BCUT2D eigenvalue weighted by Crippen LogP contribution is 2.39. The predicted molar refractivity (Wildman–Crippen MR) is 93.7 cm³/mol. The summed E-state index contributed by atoms with van der Waals surface area (Å²) in [7, 11) is -1.90. The van der Waals surface area contributed by atoms with E-state index in [0.717, 1.165) is 6.42 Å². The summed E-state index contributed by atoms with van der Waals surface area (Å²) in [6.07, 6.45) is 6.37. The Labute approximate surface area is 133 Å². The minimum absolute atomic E-state index is 0.0424. The van der Waals surface area contributed by atoms with E-state index in [9.17, 15) is 4.79 Å². The molecule has 0 bridgehead atoms. The minimum Gasteiger partial charge on any atom is -0.413 e. The summed E-state index contributed by atoms with van der Waals surface area (Å²) in [5.74, 6) is 2.54. The van der Waals surface area contributed by atoms with Crippen molar-refractivity contribution in [3.05, 3.63) is 0 Å². The van der Waals surface area contributed by atoms with Crippen LogP contribution in [-0.2, 0) is 9.22 Å². The van der Waals surface area contributed by atoms with Gasteiger partial charge in [0, 0.05) is 5.92 Å².